The van der Waals surface area contributed by atoms with Crippen LogP contribution in [0.4, 0.5) is 0 Å². The second kappa shape index (κ2) is 4.06. The highest BCUT2D eigenvalue weighted by molar-refractivity contribution is 7.91. The Morgan fingerprint density at radius 2 is 2.18 bits per heavy atom. The molecule has 2 heterocycles. The van der Waals surface area contributed by atoms with Gasteiger partial charge in [-0.05, 0) is 19.3 Å². The monoisotopic (exact) mass is 257 g/mol. The molecule has 7 heteroatoms. The molecule has 1 unspecified atom stereocenters. The molecule has 94 valence electrons. The van der Waals surface area contributed by atoms with Gasteiger partial charge in [-0.15, -0.1) is 0 Å². The summed E-state index contributed by atoms with van der Waals surface area (Å²) in [4.78, 5) is 4.28. The predicted octanol–water partition coefficient (Wildman–Crippen LogP) is 0.224. The Balaban J connectivity index is 1.53. The molecule has 1 atom stereocenters. The number of nitrogens with zero attached hydrogens (tertiary/aromatic N) is 2. The minimum Gasteiger partial charge on any atom is -0.338 e. The van der Waals surface area contributed by atoms with Crippen LogP contribution >= 0.6 is 0 Å². The van der Waals surface area contributed by atoms with Crippen LogP contribution in [-0.4, -0.2) is 36.1 Å². The molecule has 0 bridgehead atoms. The molecule has 0 aromatic carbocycles. The Labute approximate surface area is 99.7 Å². The molecule has 3 rings (SSSR count). The van der Waals surface area contributed by atoms with E-state index in [1.54, 1.807) is 0 Å². The van der Waals surface area contributed by atoms with Crippen molar-refractivity contribution >= 4 is 9.84 Å². The standard InChI is InChI=1S/C10H15N3O3S/c14-17(15)4-3-8(6-17)11-5-9-12-10(13-16-9)7-1-2-7/h7-8,11H,1-6H2. The van der Waals surface area contributed by atoms with Gasteiger partial charge in [-0.3, -0.25) is 0 Å². The quantitative estimate of drug-likeness (QED) is 0.830. The molecule has 0 radical (unpaired) electrons. The van der Waals surface area contributed by atoms with Gasteiger partial charge in [-0.25, -0.2) is 8.42 Å². The molecule has 1 aliphatic heterocycles. The summed E-state index contributed by atoms with van der Waals surface area (Å²) in [5.74, 6) is 2.33. The lowest BCUT2D eigenvalue weighted by Gasteiger charge is -2.06. The molecule has 2 aliphatic rings. The third-order valence-corrected chi connectivity index (χ3v) is 4.97. The normalized spacial score (nSPS) is 27.4. The lowest BCUT2D eigenvalue weighted by atomic mass is 10.3. The molecule has 1 aromatic heterocycles. The third-order valence-electron chi connectivity index (χ3n) is 3.20. The number of hydrogen-bond acceptors (Lipinski definition) is 6. The first-order chi connectivity index (χ1) is 8.12. The van der Waals surface area contributed by atoms with E-state index < -0.39 is 9.84 Å². The van der Waals surface area contributed by atoms with Gasteiger partial charge in [0.15, 0.2) is 15.7 Å². The molecule has 17 heavy (non-hydrogen) atoms. The van der Waals surface area contributed by atoms with E-state index in [4.69, 9.17) is 4.52 Å². The second-order valence-corrected chi connectivity index (χ2v) is 7.03. The zero-order valence-electron chi connectivity index (χ0n) is 9.42. The third kappa shape index (κ3) is 2.66. The van der Waals surface area contributed by atoms with Gasteiger partial charge in [-0.2, -0.15) is 4.98 Å². The van der Waals surface area contributed by atoms with Gasteiger partial charge in [0.05, 0.1) is 18.1 Å². The summed E-state index contributed by atoms with van der Waals surface area (Å²) in [6.07, 6.45) is 2.96. The minimum absolute atomic E-state index is 0.0243. The summed E-state index contributed by atoms with van der Waals surface area (Å²) >= 11 is 0. The number of rotatable bonds is 4. The largest absolute Gasteiger partial charge is 0.338 e. The minimum atomic E-state index is -2.83. The number of hydrogen-bond donors (Lipinski definition) is 1. The van der Waals surface area contributed by atoms with Crippen LogP contribution in [-0.2, 0) is 16.4 Å². The highest BCUT2D eigenvalue weighted by atomic mass is 32.2. The number of nitrogens with one attached hydrogen (secondary N) is 1. The maximum absolute atomic E-state index is 11.3. The molecular weight excluding hydrogens is 242 g/mol. The van der Waals surface area contributed by atoms with Gasteiger partial charge in [-0.1, -0.05) is 5.16 Å². The Morgan fingerprint density at radius 3 is 2.82 bits per heavy atom. The molecule has 1 saturated carbocycles. The zero-order chi connectivity index (χ0) is 11.9. The van der Waals surface area contributed by atoms with E-state index in [2.05, 4.69) is 15.5 Å². The second-order valence-electron chi connectivity index (χ2n) is 4.80. The van der Waals surface area contributed by atoms with Crippen molar-refractivity contribution in [1.82, 2.24) is 15.5 Å². The zero-order valence-corrected chi connectivity index (χ0v) is 10.2. The van der Waals surface area contributed by atoms with Crippen LogP contribution in [0.15, 0.2) is 4.52 Å². The van der Waals surface area contributed by atoms with Gasteiger partial charge < -0.3 is 9.84 Å². The van der Waals surface area contributed by atoms with Gasteiger partial charge >= 0.3 is 0 Å². The molecule has 1 saturated heterocycles. The fourth-order valence-electron chi connectivity index (χ4n) is 2.03. The van der Waals surface area contributed by atoms with Gasteiger partial charge in [0.25, 0.3) is 0 Å². The van der Waals surface area contributed by atoms with Crippen LogP contribution in [0, 0.1) is 0 Å². The fraction of sp³-hybridized carbons (Fsp3) is 0.800. The average Bonchev–Trinajstić information content (AvgIpc) is 2.92. The smallest absolute Gasteiger partial charge is 0.240 e. The molecule has 1 aromatic rings. The van der Waals surface area contributed by atoms with E-state index in [0.29, 0.717) is 24.8 Å². The van der Waals surface area contributed by atoms with Crippen LogP contribution in [0.5, 0.6) is 0 Å². The first kappa shape index (κ1) is 11.2. The number of aromatic nitrogens is 2. The Hall–Kier alpha value is -0.950. The van der Waals surface area contributed by atoms with Crippen molar-refractivity contribution in [2.75, 3.05) is 11.5 Å². The Kier molecular flexibility index (Phi) is 2.67. The average molecular weight is 257 g/mol. The molecule has 6 nitrogen and oxygen atoms in total. The lowest BCUT2D eigenvalue weighted by Crippen LogP contribution is -2.29. The maximum Gasteiger partial charge on any atom is 0.240 e. The molecule has 0 amide bonds. The Bertz CT molecular complexity index is 507. The molecular formula is C10H15N3O3S. The summed E-state index contributed by atoms with van der Waals surface area (Å²) in [6.45, 7) is 0.458. The van der Waals surface area contributed by atoms with E-state index >= 15 is 0 Å². The summed E-state index contributed by atoms with van der Waals surface area (Å²) in [5.41, 5.74) is 0. The predicted molar refractivity (Wildman–Crippen MR) is 60.2 cm³/mol. The summed E-state index contributed by atoms with van der Waals surface area (Å²) in [6, 6.07) is 0.0243. The topological polar surface area (TPSA) is 85.1 Å². The Morgan fingerprint density at radius 1 is 1.35 bits per heavy atom. The summed E-state index contributed by atoms with van der Waals surface area (Å²) < 4.78 is 27.6. The van der Waals surface area contributed by atoms with E-state index in [1.807, 2.05) is 0 Å². The van der Waals surface area contributed by atoms with Crippen LogP contribution in [0.2, 0.25) is 0 Å². The van der Waals surface area contributed by atoms with Crippen molar-refractivity contribution in [2.45, 2.75) is 37.8 Å². The van der Waals surface area contributed by atoms with E-state index in [0.717, 1.165) is 18.7 Å². The molecule has 1 N–H and O–H groups in total. The van der Waals surface area contributed by atoms with Crippen LogP contribution in [0.25, 0.3) is 0 Å². The summed E-state index contributed by atoms with van der Waals surface area (Å²) in [5, 5.41) is 7.06. The van der Waals surface area contributed by atoms with Crippen molar-refractivity contribution < 1.29 is 12.9 Å². The molecule has 2 fully saturated rings. The first-order valence-electron chi connectivity index (χ1n) is 5.89. The van der Waals surface area contributed by atoms with Crippen molar-refractivity contribution in [3.05, 3.63) is 11.7 Å². The van der Waals surface area contributed by atoms with Gasteiger partial charge in [0.2, 0.25) is 5.89 Å². The van der Waals surface area contributed by atoms with E-state index in [-0.39, 0.29) is 17.5 Å². The fourth-order valence-corrected chi connectivity index (χ4v) is 3.74. The van der Waals surface area contributed by atoms with Crippen LogP contribution < -0.4 is 5.32 Å². The summed E-state index contributed by atoms with van der Waals surface area (Å²) in [7, 11) is -2.83. The molecule has 1 aliphatic carbocycles. The van der Waals surface area contributed by atoms with E-state index in [1.165, 1.54) is 0 Å². The van der Waals surface area contributed by atoms with Crippen LogP contribution in [0.3, 0.4) is 0 Å². The van der Waals surface area contributed by atoms with Crippen LogP contribution in [0.1, 0.15) is 36.9 Å². The first-order valence-corrected chi connectivity index (χ1v) is 7.71. The van der Waals surface area contributed by atoms with Crippen molar-refractivity contribution in [3.8, 4) is 0 Å². The number of sulfone groups is 1. The highest BCUT2D eigenvalue weighted by Gasteiger charge is 2.30. The highest BCUT2D eigenvalue weighted by Crippen LogP contribution is 2.38. The lowest BCUT2D eigenvalue weighted by molar-refractivity contribution is 0.356. The van der Waals surface area contributed by atoms with Crippen molar-refractivity contribution in [1.29, 1.82) is 0 Å². The van der Waals surface area contributed by atoms with Crippen molar-refractivity contribution in [2.24, 2.45) is 0 Å². The van der Waals surface area contributed by atoms with Crippen molar-refractivity contribution in [3.63, 3.8) is 0 Å². The van der Waals surface area contributed by atoms with Gasteiger partial charge in [0.1, 0.15) is 0 Å². The van der Waals surface area contributed by atoms with E-state index in [9.17, 15) is 8.42 Å². The van der Waals surface area contributed by atoms with Gasteiger partial charge in [0, 0.05) is 12.0 Å². The SMILES string of the molecule is O=S1(=O)CCC(NCc2nc(C3CC3)no2)C1. The maximum atomic E-state index is 11.3. The molecule has 0 spiro atoms.